The van der Waals surface area contributed by atoms with Crippen LogP contribution >= 0.6 is 15.9 Å². The van der Waals surface area contributed by atoms with Crippen LogP contribution in [0.1, 0.15) is 25.3 Å². The molecule has 1 amide bonds. The number of nitrogens with one attached hydrogen (secondary N) is 1. The van der Waals surface area contributed by atoms with Gasteiger partial charge in [-0.3, -0.25) is 4.79 Å². The zero-order chi connectivity index (χ0) is 14.4. The molecule has 20 heavy (non-hydrogen) atoms. The molecule has 4 nitrogen and oxygen atoms in total. The summed E-state index contributed by atoms with van der Waals surface area (Å²) in [5, 5.41) is 3.65. The Morgan fingerprint density at radius 3 is 3.05 bits per heavy atom. The molecule has 5 heteroatoms. The van der Waals surface area contributed by atoms with Crippen molar-refractivity contribution in [2.45, 2.75) is 25.1 Å². The molecule has 1 N–H and O–H groups in total. The van der Waals surface area contributed by atoms with Gasteiger partial charge in [0.05, 0.1) is 19.1 Å². The molecule has 1 aliphatic heterocycles. The van der Waals surface area contributed by atoms with E-state index in [4.69, 9.17) is 9.47 Å². The Balaban J connectivity index is 2.03. The van der Waals surface area contributed by atoms with Crippen LogP contribution in [0.4, 0.5) is 5.69 Å². The maximum atomic E-state index is 12.1. The number of carbonyl (C=O) groups is 1. The van der Waals surface area contributed by atoms with Gasteiger partial charge in [0, 0.05) is 23.2 Å². The van der Waals surface area contributed by atoms with Crippen LogP contribution in [0, 0.1) is 5.92 Å². The summed E-state index contributed by atoms with van der Waals surface area (Å²) in [5.74, 6) is 0.848. The first kappa shape index (κ1) is 15.3. The van der Waals surface area contributed by atoms with Gasteiger partial charge in [0.15, 0.2) is 0 Å². The van der Waals surface area contributed by atoms with Crippen molar-refractivity contribution in [1.82, 2.24) is 0 Å². The number of ether oxygens (including phenoxy) is 2. The van der Waals surface area contributed by atoms with Crippen molar-refractivity contribution in [3.8, 4) is 5.75 Å². The number of alkyl halides is 1. The molecule has 1 aromatic carbocycles. The van der Waals surface area contributed by atoms with Crippen molar-refractivity contribution in [2.75, 3.05) is 25.1 Å². The molecule has 1 heterocycles. The van der Waals surface area contributed by atoms with Gasteiger partial charge >= 0.3 is 0 Å². The van der Waals surface area contributed by atoms with Crippen LogP contribution < -0.4 is 10.1 Å². The van der Waals surface area contributed by atoms with E-state index < -0.39 is 0 Å². The molecule has 0 aliphatic carbocycles. The zero-order valence-corrected chi connectivity index (χ0v) is 13.2. The number of amides is 1. The van der Waals surface area contributed by atoms with Gasteiger partial charge in [-0.15, -0.1) is 0 Å². The fourth-order valence-corrected chi connectivity index (χ4v) is 2.69. The van der Waals surface area contributed by atoms with Crippen LogP contribution in [0.3, 0.4) is 0 Å². The Morgan fingerprint density at radius 2 is 2.40 bits per heavy atom. The van der Waals surface area contributed by atoms with Gasteiger partial charge in [-0.25, -0.2) is 0 Å². The molecule has 0 radical (unpaired) electrons. The van der Waals surface area contributed by atoms with Crippen LogP contribution in [0.2, 0.25) is 0 Å². The average molecular weight is 342 g/mol. The molecule has 1 fully saturated rings. The monoisotopic (exact) mass is 341 g/mol. The Hall–Kier alpha value is -1.07. The van der Waals surface area contributed by atoms with Crippen LogP contribution in [0.5, 0.6) is 5.75 Å². The van der Waals surface area contributed by atoms with Crippen LogP contribution in [-0.2, 0) is 14.9 Å². The van der Waals surface area contributed by atoms with Gasteiger partial charge in [-0.1, -0.05) is 15.9 Å². The molecule has 0 aromatic heterocycles. The molecule has 110 valence electrons. The van der Waals surface area contributed by atoms with Crippen molar-refractivity contribution in [1.29, 1.82) is 0 Å². The number of hydrogen-bond acceptors (Lipinski definition) is 3. The van der Waals surface area contributed by atoms with E-state index in [9.17, 15) is 4.79 Å². The number of halogens is 1. The van der Waals surface area contributed by atoms with Gasteiger partial charge < -0.3 is 14.8 Å². The molecule has 1 aliphatic rings. The van der Waals surface area contributed by atoms with E-state index in [1.165, 1.54) is 0 Å². The lowest BCUT2D eigenvalue weighted by molar-refractivity contribution is -0.123. The zero-order valence-electron chi connectivity index (χ0n) is 11.7. The van der Waals surface area contributed by atoms with Gasteiger partial charge in [0.2, 0.25) is 5.91 Å². The summed E-state index contributed by atoms with van der Waals surface area (Å²) in [4.78, 5) is 12.1. The second-order valence-electron chi connectivity index (χ2n) is 4.79. The molecule has 1 unspecified atom stereocenters. The predicted octanol–water partition coefficient (Wildman–Crippen LogP) is 3.35. The maximum Gasteiger partial charge on any atom is 0.229 e. The van der Waals surface area contributed by atoms with E-state index >= 15 is 0 Å². The van der Waals surface area contributed by atoms with E-state index in [2.05, 4.69) is 21.2 Å². The highest BCUT2D eigenvalue weighted by atomic mass is 79.9. The maximum absolute atomic E-state index is 12.1. The number of hydrogen-bond donors (Lipinski definition) is 1. The summed E-state index contributed by atoms with van der Waals surface area (Å²) in [6.45, 7) is 3.87. The fourth-order valence-electron chi connectivity index (χ4n) is 2.25. The predicted molar refractivity (Wildman–Crippen MR) is 82.4 cm³/mol. The Bertz CT molecular complexity index is 458. The Kier molecular flexibility index (Phi) is 5.86. The lowest BCUT2D eigenvalue weighted by atomic mass is 10.0. The first-order chi connectivity index (χ1) is 9.74. The van der Waals surface area contributed by atoms with Gasteiger partial charge in [-0.2, -0.15) is 0 Å². The average Bonchev–Trinajstić information content (AvgIpc) is 2.50. The molecule has 0 spiro atoms. The van der Waals surface area contributed by atoms with E-state index in [1.54, 1.807) is 0 Å². The summed E-state index contributed by atoms with van der Waals surface area (Å²) in [6, 6.07) is 5.72. The summed E-state index contributed by atoms with van der Waals surface area (Å²) in [7, 11) is 0. The van der Waals surface area contributed by atoms with E-state index in [-0.39, 0.29) is 11.8 Å². The van der Waals surface area contributed by atoms with Gasteiger partial charge in [0.25, 0.3) is 0 Å². The number of rotatable bonds is 5. The third-order valence-electron chi connectivity index (χ3n) is 3.30. The summed E-state index contributed by atoms with van der Waals surface area (Å²) >= 11 is 3.44. The number of benzene rings is 1. The lowest BCUT2D eigenvalue weighted by Crippen LogP contribution is -2.30. The molecule has 2 rings (SSSR count). The number of anilines is 1. The molecular weight excluding hydrogens is 322 g/mol. The Labute approximate surface area is 128 Å². The first-order valence-corrected chi connectivity index (χ1v) is 8.07. The standard InChI is InChI=1S/C15H20BrNO3/c1-2-20-14-6-5-13(8-12(14)9-16)17-15(18)11-4-3-7-19-10-11/h5-6,8,11H,2-4,7,9-10H2,1H3,(H,17,18). The van der Waals surface area contributed by atoms with Crippen molar-refractivity contribution in [2.24, 2.45) is 5.92 Å². The van der Waals surface area contributed by atoms with Gasteiger partial charge in [-0.05, 0) is 38.0 Å². The minimum Gasteiger partial charge on any atom is -0.494 e. The minimum absolute atomic E-state index is 0.0365. The molecule has 1 atom stereocenters. The quantitative estimate of drug-likeness (QED) is 0.835. The number of carbonyl (C=O) groups excluding carboxylic acids is 1. The third-order valence-corrected chi connectivity index (χ3v) is 3.91. The Morgan fingerprint density at radius 1 is 1.55 bits per heavy atom. The SMILES string of the molecule is CCOc1ccc(NC(=O)C2CCCOC2)cc1CBr. The summed E-state index contributed by atoms with van der Waals surface area (Å²) < 4.78 is 10.9. The van der Waals surface area contributed by atoms with Crippen molar-refractivity contribution in [3.05, 3.63) is 23.8 Å². The highest BCUT2D eigenvalue weighted by molar-refractivity contribution is 9.08. The van der Waals surface area contributed by atoms with Crippen LogP contribution in [0.25, 0.3) is 0 Å². The lowest BCUT2D eigenvalue weighted by Gasteiger charge is -2.21. The largest absolute Gasteiger partial charge is 0.494 e. The third kappa shape index (κ3) is 3.96. The molecular formula is C15H20BrNO3. The molecule has 0 bridgehead atoms. The van der Waals surface area contributed by atoms with E-state index in [0.717, 1.165) is 36.4 Å². The molecule has 0 saturated carbocycles. The normalized spacial score (nSPS) is 18.6. The summed E-state index contributed by atoms with van der Waals surface area (Å²) in [6.07, 6.45) is 1.85. The first-order valence-electron chi connectivity index (χ1n) is 6.95. The van der Waals surface area contributed by atoms with Crippen LogP contribution in [-0.4, -0.2) is 25.7 Å². The fraction of sp³-hybridized carbons (Fsp3) is 0.533. The molecule has 1 saturated heterocycles. The van der Waals surface area contributed by atoms with Crippen molar-refractivity contribution >= 4 is 27.5 Å². The second-order valence-corrected chi connectivity index (χ2v) is 5.35. The van der Waals surface area contributed by atoms with E-state index in [1.807, 2.05) is 25.1 Å². The van der Waals surface area contributed by atoms with Crippen molar-refractivity contribution in [3.63, 3.8) is 0 Å². The molecule has 1 aromatic rings. The van der Waals surface area contributed by atoms with Crippen LogP contribution in [0.15, 0.2) is 18.2 Å². The van der Waals surface area contributed by atoms with E-state index in [0.29, 0.717) is 18.5 Å². The highest BCUT2D eigenvalue weighted by Gasteiger charge is 2.21. The van der Waals surface area contributed by atoms with Gasteiger partial charge in [0.1, 0.15) is 5.75 Å². The second kappa shape index (κ2) is 7.64. The minimum atomic E-state index is -0.0391. The van der Waals surface area contributed by atoms with Crippen molar-refractivity contribution < 1.29 is 14.3 Å². The smallest absolute Gasteiger partial charge is 0.229 e. The topological polar surface area (TPSA) is 47.6 Å². The summed E-state index contributed by atoms with van der Waals surface area (Å²) in [5.41, 5.74) is 1.84. The highest BCUT2D eigenvalue weighted by Crippen LogP contribution is 2.26.